The van der Waals surface area contributed by atoms with Crippen molar-refractivity contribution >= 4 is 28.2 Å². The number of methoxy groups -OCH3 is 1. The van der Waals surface area contributed by atoms with E-state index in [-0.39, 0.29) is 28.9 Å². The van der Waals surface area contributed by atoms with Crippen LogP contribution in [0.15, 0.2) is 42.7 Å². The monoisotopic (exact) mass is 500 g/mol. The number of rotatable bonds is 5. The van der Waals surface area contributed by atoms with Crippen molar-refractivity contribution in [1.29, 1.82) is 5.26 Å². The number of carbonyl (C=O) groups excluding carboxylic acids is 1. The van der Waals surface area contributed by atoms with Crippen LogP contribution in [0, 0.1) is 17.1 Å². The second-order valence-electron chi connectivity index (χ2n) is 8.88. The highest BCUT2D eigenvalue weighted by Gasteiger charge is 2.26. The molecule has 3 heterocycles. The molecule has 0 radical (unpaired) electrons. The highest BCUT2D eigenvalue weighted by molar-refractivity contribution is 6.10. The van der Waals surface area contributed by atoms with Gasteiger partial charge in [0.2, 0.25) is 0 Å². The Hall–Kier alpha value is -4.56. The maximum atomic E-state index is 14.6. The third-order valence-electron chi connectivity index (χ3n) is 6.33. The highest BCUT2D eigenvalue weighted by Crippen LogP contribution is 2.38. The quantitative estimate of drug-likeness (QED) is 0.426. The number of piperidine rings is 1. The van der Waals surface area contributed by atoms with Crippen LogP contribution in [0.25, 0.3) is 22.3 Å². The zero-order valence-electron chi connectivity index (χ0n) is 20.4. The predicted molar refractivity (Wildman–Crippen MR) is 137 cm³/mol. The molecule has 3 N–H and O–H groups in total. The molecule has 0 spiro atoms. The van der Waals surface area contributed by atoms with Crippen molar-refractivity contribution in [3.8, 4) is 23.2 Å². The van der Waals surface area contributed by atoms with Gasteiger partial charge in [0.25, 0.3) is 5.91 Å². The van der Waals surface area contributed by atoms with Crippen molar-refractivity contribution < 1.29 is 13.9 Å². The maximum absolute atomic E-state index is 14.6. The van der Waals surface area contributed by atoms with E-state index in [4.69, 9.17) is 10.5 Å². The van der Waals surface area contributed by atoms with Gasteiger partial charge in [0, 0.05) is 44.0 Å². The summed E-state index contributed by atoms with van der Waals surface area (Å²) in [6, 6.07) is 9.60. The summed E-state index contributed by atoms with van der Waals surface area (Å²) in [5.74, 6) is -0.831. The maximum Gasteiger partial charge on any atom is 0.274 e. The number of hydrogen-bond acceptors (Lipinski definition) is 8. The third kappa shape index (κ3) is 4.54. The molecule has 11 heteroatoms. The van der Waals surface area contributed by atoms with Gasteiger partial charge in [-0.25, -0.2) is 14.4 Å². The smallest absolute Gasteiger partial charge is 0.274 e. The van der Waals surface area contributed by atoms with Gasteiger partial charge in [-0.15, -0.1) is 0 Å². The van der Waals surface area contributed by atoms with E-state index in [1.807, 2.05) is 6.20 Å². The van der Waals surface area contributed by atoms with Crippen molar-refractivity contribution in [2.45, 2.75) is 18.9 Å². The van der Waals surface area contributed by atoms with Gasteiger partial charge in [-0.3, -0.25) is 9.48 Å². The van der Waals surface area contributed by atoms with E-state index in [0.29, 0.717) is 23.3 Å². The average Bonchev–Trinajstić information content (AvgIpc) is 3.28. The number of nitriles is 1. The lowest BCUT2D eigenvalue weighted by atomic mass is 10.0. The molecule has 1 amide bonds. The normalized spacial score (nSPS) is 15.4. The molecule has 0 bridgehead atoms. The molecule has 4 aromatic rings. The summed E-state index contributed by atoms with van der Waals surface area (Å²) >= 11 is 0. The number of anilines is 2. The first-order valence-corrected chi connectivity index (χ1v) is 11.8. The van der Waals surface area contributed by atoms with Crippen LogP contribution < -0.4 is 20.7 Å². The topological polar surface area (TPSA) is 135 Å². The number of benzene rings is 2. The summed E-state index contributed by atoms with van der Waals surface area (Å²) < 4.78 is 21.5. The zero-order chi connectivity index (χ0) is 26.1. The van der Waals surface area contributed by atoms with E-state index >= 15 is 0 Å². The Morgan fingerprint density at radius 2 is 2.19 bits per heavy atom. The van der Waals surface area contributed by atoms with E-state index in [1.165, 1.54) is 31.5 Å². The summed E-state index contributed by atoms with van der Waals surface area (Å²) in [6.45, 7) is 1.35. The van der Waals surface area contributed by atoms with Crippen LogP contribution in [0.1, 0.15) is 28.9 Å². The minimum Gasteiger partial charge on any atom is -0.496 e. The average molecular weight is 501 g/mol. The van der Waals surface area contributed by atoms with Gasteiger partial charge >= 0.3 is 0 Å². The SMILES string of the molecule is COc1cccc(F)c1-c1nccc(C(=O)Nc2cc(C#N)c3nn(C)cc3c2N2CCC[C@@H](N)C2)n1. The van der Waals surface area contributed by atoms with Gasteiger partial charge in [-0.1, -0.05) is 6.07 Å². The van der Waals surface area contributed by atoms with Crippen LogP contribution >= 0.6 is 0 Å². The molecular weight excluding hydrogens is 475 g/mol. The fourth-order valence-corrected chi connectivity index (χ4v) is 4.70. The molecule has 5 rings (SSSR count). The number of carbonyl (C=O) groups is 1. The Morgan fingerprint density at radius 3 is 2.95 bits per heavy atom. The number of aryl methyl sites for hydroxylation is 1. The number of nitrogens with one attached hydrogen (secondary N) is 1. The van der Waals surface area contributed by atoms with E-state index in [0.717, 1.165) is 30.5 Å². The molecule has 1 saturated heterocycles. The fraction of sp³-hybridized carbons (Fsp3) is 0.269. The Balaban J connectivity index is 1.57. The molecule has 188 valence electrons. The van der Waals surface area contributed by atoms with Crippen LogP contribution in [-0.4, -0.2) is 51.9 Å². The lowest BCUT2D eigenvalue weighted by Crippen LogP contribution is -2.43. The molecule has 0 unspecified atom stereocenters. The number of amides is 1. The number of nitrogens with two attached hydrogens (primary N) is 1. The molecule has 2 aromatic heterocycles. The predicted octanol–water partition coefficient (Wildman–Crippen LogP) is 3.23. The van der Waals surface area contributed by atoms with E-state index in [1.54, 1.807) is 23.9 Å². The number of nitrogens with zero attached hydrogens (tertiary/aromatic N) is 6. The first-order chi connectivity index (χ1) is 17.9. The van der Waals surface area contributed by atoms with Crippen molar-refractivity contribution in [3.05, 3.63) is 59.8 Å². The van der Waals surface area contributed by atoms with Crippen molar-refractivity contribution in [2.24, 2.45) is 12.8 Å². The van der Waals surface area contributed by atoms with Crippen molar-refractivity contribution in [3.63, 3.8) is 0 Å². The Morgan fingerprint density at radius 1 is 1.35 bits per heavy atom. The molecule has 1 atom stereocenters. The standard InChI is InChI=1S/C26H25FN8O2/c1-34-14-17-23(33-34)15(12-28)11-20(24(17)35-10-4-5-16(29)13-35)32-26(36)19-8-9-30-25(31-19)22-18(27)6-3-7-21(22)37-2/h3,6-9,11,14,16H,4-5,10,13,29H2,1-2H3,(H,32,36)/t16-/m1/s1. The van der Waals surface area contributed by atoms with Gasteiger partial charge in [0.05, 0.1) is 29.6 Å². The van der Waals surface area contributed by atoms with Crippen LogP contribution in [0.3, 0.4) is 0 Å². The van der Waals surface area contributed by atoms with Gasteiger partial charge in [0.1, 0.15) is 28.8 Å². The zero-order valence-corrected chi connectivity index (χ0v) is 20.4. The molecule has 10 nitrogen and oxygen atoms in total. The van der Waals surface area contributed by atoms with E-state index < -0.39 is 11.7 Å². The first kappa shape index (κ1) is 24.1. The Kier molecular flexibility index (Phi) is 6.42. The lowest BCUT2D eigenvalue weighted by Gasteiger charge is -2.34. The highest BCUT2D eigenvalue weighted by atomic mass is 19.1. The fourth-order valence-electron chi connectivity index (χ4n) is 4.70. The van der Waals surface area contributed by atoms with E-state index in [9.17, 15) is 14.4 Å². The molecule has 0 saturated carbocycles. The van der Waals surface area contributed by atoms with Crippen LogP contribution in [0.2, 0.25) is 0 Å². The number of aromatic nitrogens is 4. The Labute approximate surface area is 212 Å². The number of fused-ring (bicyclic) bond motifs is 1. The largest absolute Gasteiger partial charge is 0.496 e. The molecular formula is C26H25FN8O2. The minimum atomic E-state index is -0.568. The van der Waals surface area contributed by atoms with Crippen molar-refractivity contribution in [2.75, 3.05) is 30.4 Å². The van der Waals surface area contributed by atoms with Gasteiger partial charge < -0.3 is 20.7 Å². The number of ether oxygens (including phenoxy) is 1. The minimum absolute atomic E-state index is 0.0140. The Bertz CT molecular complexity index is 1540. The molecule has 0 aliphatic carbocycles. The van der Waals surface area contributed by atoms with Gasteiger partial charge in [-0.2, -0.15) is 10.4 Å². The second kappa shape index (κ2) is 9.83. The van der Waals surface area contributed by atoms with E-state index in [2.05, 4.69) is 31.4 Å². The molecule has 1 fully saturated rings. The summed E-state index contributed by atoms with van der Waals surface area (Å²) in [5.41, 5.74) is 8.42. The molecule has 1 aliphatic rings. The van der Waals surface area contributed by atoms with Gasteiger partial charge in [0.15, 0.2) is 5.82 Å². The second-order valence-corrected chi connectivity index (χ2v) is 8.88. The summed E-state index contributed by atoms with van der Waals surface area (Å²) in [6.07, 6.45) is 5.02. The van der Waals surface area contributed by atoms with Gasteiger partial charge in [-0.05, 0) is 37.1 Å². The number of halogens is 1. The first-order valence-electron chi connectivity index (χ1n) is 11.8. The van der Waals surface area contributed by atoms with Crippen molar-refractivity contribution in [1.82, 2.24) is 19.7 Å². The van der Waals surface area contributed by atoms with Crippen LogP contribution in [0.4, 0.5) is 15.8 Å². The summed E-state index contributed by atoms with van der Waals surface area (Å²) in [7, 11) is 3.20. The summed E-state index contributed by atoms with van der Waals surface area (Å²) in [5, 5.41) is 17.9. The van der Waals surface area contributed by atoms with Crippen LogP contribution in [0.5, 0.6) is 5.75 Å². The lowest BCUT2D eigenvalue weighted by molar-refractivity contribution is 0.102. The molecule has 2 aromatic carbocycles. The molecule has 1 aliphatic heterocycles. The molecule has 37 heavy (non-hydrogen) atoms. The number of hydrogen-bond donors (Lipinski definition) is 2. The summed E-state index contributed by atoms with van der Waals surface area (Å²) in [4.78, 5) is 24.0. The van der Waals surface area contributed by atoms with Crippen LogP contribution in [-0.2, 0) is 7.05 Å². The third-order valence-corrected chi connectivity index (χ3v) is 6.33.